The highest BCUT2D eigenvalue weighted by molar-refractivity contribution is 5.37. The van der Waals surface area contributed by atoms with Gasteiger partial charge >= 0.3 is 0 Å². The largest absolute Gasteiger partial charge is 0.394 e. The molecule has 0 aliphatic carbocycles. The summed E-state index contributed by atoms with van der Waals surface area (Å²) in [6.07, 6.45) is -0.653. The monoisotopic (exact) mass is 160 g/mol. The number of pyridine rings is 1. The summed E-state index contributed by atoms with van der Waals surface area (Å²) < 4.78 is 23.9. The van der Waals surface area contributed by atoms with Crippen LogP contribution in [0.5, 0.6) is 0 Å². The molecule has 1 rings (SSSR count). The molecule has 0 atom stereocenters. The molecular weight excluding hydrogens is 154 g/mol. The maximum atomic E-state index is 11.9. The van der Waals surface area contributed by atoms with Crippen molar-refractivity contribution in [2.24, 2.45) is 0 Å². The van der Waals surface area contributed by atoms with Gasteiger partial charge in [0.2, 0.25) is 5.43 Å². The van der Waals surface area contributed by atoms with Gasteiger partial charge in [-0.15, -0.1) is 0 Å². The number of H-pyrrole nitrogens is 1. The van der Waals surface area contributed by atoms with Gasteiger partial charge in [0, 0.05) is 12.4 Å². The van der Waals surface area contributed by atoms with Crippen LogP contribution in [0.1, 0.15) is 12.0 Å². The summed E-state index contributed by atoms with van der Waals surface area (Å²) in [6, 6.07) is 0. The topological polar surface area (TPSA) is 58.9 Å². The zero-order valence-corrected chi connectivity index (χ0v) is 5.47. The van der Waals surface area contributed by atoms with Crippen molar-refractivity contribution in [1.29, 1.82) is 0 Å². The Kier molecular flexibility index (Phi) is 1.89. The molecule has 1 aromatic rings. The number of rotatable bonds is 1. The van der Waals surface area contributed by atoms with Crippen LogP contribution in [0.4, 0.5) is 14.5 Å². The summed E-state index contributed by atoms with van der Waals surface area (Å²) in [5, 5.41) is 0. The standard InChI is InChI=1S/C6H6F2N2O/c7-6(8)3-1-10-2-4(9)5(3)11/h1-2,6H,9H2,(H,10,11). The normalized spacial score (nSPS) is 10.5. The molecule has 0 spiro atoms. The van der Waals surface area contributed by atoms with Crippen LogP contribution in [-0.4, -0.2) is 4.98 Å². The fourth-order valence-electron chi connectivity index (χ4n) is 0.681. The van der Waals surface area contributed by atoms with E-state index in [4.69, 9.17) is 5.73 Å². The third-order valence-corrected chi connectivity index (χ3v) is 1.24. The van der Waals surface area contributed by atoms with Gasteiger partial charge in [-0.2, -0.15) is 0 Å². The van der Waals surface area contributed by atoms with E-state index in [2.05, 4.69) is 4.98 Å². The van der Waals surface area contributed by atoms with Crippen LogP contribution in [0.3, 0.4) is 0 Å². The molecule has 0 aromatic carbocycles. The van der Waals surface area contributed by atoms with E-state index in [0.717, 1.165) is 6.20 Å². The van der Waals surface area contributed by atoms with E-state index in [-0.39, 0.29) is 5.69 Å². The Balaban J connectivity index is 3.28. The lowest BCUT2D eigenvalue weighted by Crippen LogP contribution is -2.13. The van der Waals surface area contributed by atoms with Gasteiger partial charge in [-0.25, -0.2) is 8.78 Å². The second-order valence-electron chi connectivity index (χ2n) is 2.00. The Morgan fingerprint density at radius 2 is 2.09 bits per heavy atom. The molecule has 3 N–H and O–H groups in total. The number of anilines is 1. The van der Waals surface area contributed by atoms with Gasteiger partial charge in [-0.1, -0.05) is 0 Å². The number of halogens is 2. The van der Waals surface area contributed by atoms with Gasteiger partial charge < -0.3 is 10.7 Å². The fraction of sp³-hybridized carbons (Fsp3) is 0.167. The molecule has 3 nitrogen and oxygen atoms in total. The van der Waals surface area contributed by atoms with Crippen LogP contribution in [0.25, 0.3) is 0 Å². The molecule has 0 aliphatic heterocycles. The van der Waals surface area contributed by atoms with E-state index in [0.29, 0.717) is 0 Å². The zero-order valence-electron chi connectivity index (χ0n) is 5.47. The first-order valence-electron chi connectivity index (χ1n) is 2.87. The lowest BCUT2D eigenvalue weighted by molar-refractivity contribution is 0.150. The highest BCUT2D eigenvalue weighted by Gasteiger charge is 2.12. The molecule has 1 heterocycles. The summed E-state index contributed by atoms with van der Waals surface area (Å²) in [5.74, 6) is 0. The average Bonchev–Trinajstić information content (AvgIpc) is 1.94. The first kappa shape index (κ1) is 7.71. The molecule has 0 fully saturated rings. The number of nitrogens with one attached hydrogen (secondary N) is 1. The van der Waals surface area contributed by atoms with Crippen molar-refractivity contribution in [2.45, 2.75) is 6.43 Å². The lowest BCUT2D eigenvalue weighted by Gasteiger charge is -1.97. The average molecular weight is 160 g/mol. The second-order valence-corrected chi connectivity index (χ2v) is 2.00. The molecule has 0 amide bonds. The highest BCUT2D eigenvalue weighted by atomic mass is 19.3. The van der Waals surface area contributed by atoms with E-state index in [1.807, 2.05) is 0 Å². The highest BCUT2D eigenvalue weighted by Crippen LogP contribution is 2.13. The van der Waals surface area contributed by atoms with E-state index < -0.39 is 17.4 Å². The van der Waals surface area contributed by atoms with Gasteiger partial charge in [0.25, 0.3) is 6.43 Å². The van der Waals surface area contributed by atoms with Crippen molar-refractivity contribution >= 4 is 5.69 Å². The summed E-state index contributed by atoms with van der Waals surface area (Å²) in [7, 11) is 0. The molecule has 1 aromatic heterocycles. The van der Waals surface area contributed by atoms with Gasteiger partial charge in [0.1, 0.15) is 0 Å². The van der Waals surface area contributed by atoms with E-state index in [1.54, 1.807) is 0 Å². The van der Waals surface area contributed by atoms with Gasteiger partial charge in [-0.3, -0.25) is 4.79 Å². The molecule has 0 unspecified atom stereocenters. The van der Waals surface area contributed by atoms with Gasteiger partial charge in [0.15, 0.2) is 0 Å². The first-order valence-corrected chi connectivity index (χ1v) is 2.87. The van der Waals surface area contributed by atoms with Crippen molar-refractivity contribution in [1.82, 2.24) is 4.98 Å². The summed E-state index contributed by atoms with van der Waals surface area (Å²) in [4.78, 5) is 13.1. The maximum Gasteiger partial charge on any atom is 0.269 e. The molecule has 60 valence electrons. The summed E-state index contributed by atoms with van der Waals surface area (Å²) in [5.41, 5.74) is 3.49. The molecule has 5 heteroatoms. The first-order chi connectivity index (χ1) is 5.13. The Bertz CT molecular complexity index is 308. The lowest BCUT2D eigenvalue weighted by atomic mass is 10.2. The Labute approximate surface area is 60.8 Å². The number of nitrogens with two attached hydrogens (primary N) is 1. The summed E-state index contributed by atoms with van der Waals surface area (Å²) >= 11 is 0. The minimum atomic E-state index is -2.78. The number of nitrogen functional groups attached to an aromatic ring is 1. The minimum absolute atomic E-state index is 0.192. The van der Waals surface area contributed by atoms with Crippen LogP contribution < -0.4 is 11.2 Å². The van der Waals surface area contributed by atoms with Crippen molar-refractivity contribution in [3.8, 4) is 0 Å². The van der Waals surface area contributed by atoms with Crippen LogP contribution in [0.15, 0.2) is 17.2 Å². The molecule has 0 aliphatic rings. The Morgan fingerprint density at radius 1 is 1.45 bits per heavy atom. The smallest absolute Gasteiger partial charge is 0.269 e. The number of hydrogen-bond acceptors (Lipinski definition) is 2. The second kappa shape index (κ2) is 2.69. The third-order valence-electron chi connectivity index (χ3n) is 1.24. The summed E-state index contributed by atoms with van der Waals surface area (Å²) in [6.45, 7) is 0. The molecule has 0 bridgehead atoms. The SMILES string of the molecule is Nc1c[nH]cc(C(F)F)c1=O. The van der Waals surface area contributed by atoms with Crippen molar-refractivity contribution in [3.63, 3.8) is 0 Å². The predicted octanol–water partition coefficient (Wildman–Crippen LogP) is 0.895. The number of aromatic amines is 1. The minimum Gasteiger partial charge on any atom is -0.394 e. The number of aromatic nitrogens is 1. The fourth-order valence-corrected chi connectivity index (χ4v) is 0.681. The van der Waals surface area contributed by atoms with E-state index in [1.165, 1.54) is 6.20 Å². The molecule has 0 saturated heterocycles. The zero-order chi connectivity index (χ0) is 8.43. The van der Waals surface area contributed by atoms with Crippen molar-refractivity contribution < 1.29 is 8.78 Å². The van der Waals surface area contributed by atoms with Gasteiger partial charge in [0.05, 0.1) is 11.3 Å². The van der Waals surface area contributed by atoms with Crippen LogP contribution in [-0.2, 0) is 0 Å². The number of hydrogen-bond donors (Lipinski definition) is 2. The van der Waals surface area contributed by atoms with E-state index >= 15 is 0 Å². The molecular formula is C6H6F2N2O. The Hall–Kier alpha value is -1.39. The van der Waals surface area contributed by atoms with Crippen molar-refractivity contribution in [3.05, 3.63) is 28.2 Å². The molecule has 11 heavy (non-hydrogen) atoms. The number of alkyl halides is 2. The maximum absolute atomic E-state index is 11.9. The molecule has 0 saturated carbocycles. The van der Waals surface area contributed by atoms with Gasteiger partial charge in [-0.05, 0) is 0 Å². The van der Waals surface area contributed by atoms with Crippen LogP contribution in [0, 0.1) is 0 Å². The predicted molar refractivity (Wildman–Crippen MR) is 36.4 cm³/mol. The van der Waals surface area contributed by atoms with Crippen molar-refractivity contribution in [2.75, 3.05) is 5.73 Å². The Morgan fingerprint density at radius 3 is 2.55 bits per heavy atom. The van der Waals surface area contributed by atoms with E-state index in [9.17, 15) is 13.6 Å². The molecule has 0 radical (unpaired) electrons. The van der Waals surface area contributed by atoms with Crippen LogP contribution >= 0.6 is 0 Å². The third kappa shape index (κ3) is 1.36. The van der Waals surface area contributed by atoms with Crippen LogP contribution in [0.2, 0.25) is 0 Å². The quantitative estimate of drug-likeness (QED) is 0.641.